The van der Waals surface area contributed by atoms with Crippen LogP contribution in [0.3, 0.4) is 0 Å². The Morgan fingerprint density at radius 3 is 2.00 bits per heavy atom. The lowest BCUT2D eigenvalue weighted by Gasteiger charge is -2.24. The summed E-state index contributed by atoms with van der Waals surface area (Å²) in [5, 5.41) is 9.28. The minimum atomic E-state index is -1.28. The van der Waals surface area contributed by atoms with Gasteiger partial charge in [-0.1, -0.05) is 84.0 Å². The number of carbonyl (C=O) groups is 2. The first-order valence-electron chi connectivity index (χ1n) is 14.1. The van der Waals surface area contributed by atoms with Crippen LogP contribution in [-0.4, -0.2) is 35.9 Å². The van der Waals surface area contributed by atoms with Crippen LogP contribution in [0.1, 0.15) is 96.1 Å². The first-order chi connectivity index (χ1) is 18.7. The SMILES string of the molecule is CC(C)=CCC/C(C)=C/CC(CC(CCCOC(=O)C(C)OC(=O)C(C)O)c1ccccc1)c1ccccc1. The van der Waals surface area contributed by atoms with Crippen molar-refractivity contribution in [3.8, 4) is 0 Å². The van der Waals surface area contributed by atoms with E-state index in [1.807, 2.05) is 6.07 Å². The maximum absolute atomic E-state index is 12.2. The van der Waals surface area contributed by atoms with Crippen molar-refractivity contribution in [2.45, 2.75) is 97.2 Å². The van der Waals surface area contributed by atoms with Gasteiger partial charge in [0.1, 0.15) is 6.10 Å². The summed E-state index contributed by atoms with van der Waals surface area (Å²) >= 11 is 0. The van der Waals surface area contributed by atoms with Gasteiger partial charge in [-0.3, -0.25) is 0 Å². The largest absolute Gasteiger partial charge is 0.463 e. The van der Waals surface area contributed by atoms with E-state index in [-0.39, 0.29) is 6.61 Å². The van der Waals surface area contributed by atoms with Gasteiger partial charge in [0.05, 0.1) is 6.61 Å². The number of carbonyl (C=O) groups excluding carboxylic acids is 2. The normalized spacial score (nSPS) is 14.6. The van der Waals surface area contributed by atoms with Crippen molar-refractivity contribution < 1.29 is 24.2 Å². The fourth-order valence-corrected chi connectivity index (χ4v) is 4.56. The second-order valence-corrected chi connectivity index (χ2v) is 10.6. The van der Waals surface area contributed by atoms with Gasteiger partial charge in [0.15, 0.2) is 6.10 Å². The molecule has 0 aliphatic heterocycles. The van der Waals surface area contributed by atoms with Crippen molar-refractivity contribution >= 4 is 11.9 Å². The predicted molar refractivity (Wildman–Crippen MR) is 157 cm³/mol. The van der Waals surface area contributed by atoms with Gasteiger partial charge in [0.2, 0.25) is 0 Å². The molecule has 0 heterocycles. The molecule has 2 rings (SSSR count). The summed E-state index contributed by atoms with van der Waals surface area (Å²) < 4.78 is 10.3. The Labute approximate surface area is 234 Å². The number of aliphatic hydroxyl groups excluding tert-OH is 1. The molecule has 0 aromatic heterocycles. The van der Waals surface area contributed by atoms with Crippen LogP contribution in [0.5, 0.6) is 0 Å². The summed E-state index contributed by atoms with van der Waals surface area (Å²) in [6.07, 6.45) is 8.04. The smallest absolute Gasteiger partial charge is 0.347 e. The molecule has 2 aromatic carbocycles. The Morgan fingerprint density at radius 2 is 1.44 bits per heavy atom. The average molecular weight is 535 g/mol. The topological polar surface area (TPSA) is 72.8 Å². The summed E-state index contributed by atoms with van der Waals surface area (Å²) in [6.45, 7) is 9.51. The van der Waals surface area contributed by atoms with E-state index in [0.717, 1.165) is 32.1 Å². The van der Waals surface area contributed by atoms with Crippen LogP contribution in [0.15, 0.2) is 84.0 Å². The highest BCUT2D eigenvalue weighted by atomic mass is 16.6. The first kappa shape index (κ1) is 32.0. The molecule has 0 saturated carbocycles. The van der Waals surface area contributed by atoms with Crippen molar-refractivity contribution in [3.63, 3.8) is 0 Å². The van der Waals surface area contributed by atoms with Gasteiger partial charge in [-0.15, -0.1) is 0 Å². The van der Waals surface area contributed by atoms with Gasteiger partial charge in [-0.2, -0.15) is 0 Å². The molecule has 0 spiro atoms. The zero-order chi connectivity index (χ0) is 28.6. The van der Waals surface area contributed by atoms with E-state index in [1.54, 1.807) is 0 Å². The predicted octanol–water partition coefficient (Wildman–Crippen LogP) is 7.66. The third-order valence-corrected chi connectivity index (χ3v) is 6.86. The molecule has 39 heavy (non-hydrogen) atoms. The van der Waals surface area contributed by atoms with E-state index in [4.69, 9.17) is 9.47 Å². The molecule has 5 heteroatoms. The summed E-state index contributed by atoms with van der Waals surface area (Å²) in [7, 11) is 0. The zero-order valence-corrected chi connectivity index (χ0v) is 24.3. The van der Waals surface area contributed by atoms with Crippen LogP contribution >= 0.6 is 0 Å². The Morgan fingerprint density at radius 1 is 0.846 bits per heavy atom. The molecular formula is C34H46O5. The summed E-state index contributed by atoms with van der Waals surface area (Å²) in [6, 6.07) is 21.2. The number of benzene rings is 2. The fraction of sp³-hybridized carbons (Fsp3) is 0.471. The summed E-state index contributed by atoms with van der Waals surface area (Å²) in [4.78, 5) is 23.8. The molecule has 5 nitrogen and oxygen atoms in total. The van der Waals surface area contributed by atoms with Gasteiger partial charge >= 0.3 is 11.9 Å². The second kappa shape index (κ2) is 17.4. The molecule has 0 radical (unpaired) electrons. The van der Waals surface area contributed by atoms with E-state index in [1.165, 1.54) is 36.1 Å². The molecule has 0 amide bonds. The minimum absolute atomic E-state index is 0.248. The van der Waals surface area contributed by atoms with Gasteiger partial charge in [-0.25, -0.2) is 9.59 Å². The molecule has 212 valence electrons. The van der Waals surface area contributed by atoms with Crippen molar-refractivity contribution in [1.29, 1.82) is 0 Å². The molecule has 0 aliphatic carbocycles. The highest BCUT2D eigenvalue weighted by Gasteiger charge is 2.23. The number of hydrogen-bond donors (Lipinski definition) is 1. The van der Waals surface area contributed by atoms with Crippen molar-refractivity contribution in [2.24, 2.45) is 0 Å². The Bertz CT molecular complexity index is 1050. The average Bonchev–Trinajstić information content (AvgIpc) is 2.92. The maximum Gasteiger partial charge on any atom is 0.347 e. The van der Waals surface area contributed by atoms with E-state index in [0.29, 0.717) is 18.3 Å². The van der Waals surface area contributed by atoms with Crippen molar-refractivity contribution in [3.05, 3.63) is 95.1 Å². The molecule has 4 unspecified atom stereocenters. The van der Waals surface area contributed by atoms with Crippen molar-refractivity contribution in [2.75, 3.05) is 6.61 Å². The number of rotatable bonds is 16. The quantitative estimate of drug-likeness (QED) is 0.136. The van der Waals surface area contributed by atoms with Crippen LogP contribution in [0.4, 0.5) is 0 Å². The second-order valence-electron chi connectivity index (χ2n) is 10.6. The third-order valence-electron chi connectivity index (χ3n) is 6.86. The van der Waals surface area contributed by atoms with Crippen LogP contribution in [-0.2, 0) is 19.1 Å². The van der Waals surface area contributed by atoms with Crippen molar-refractivity contribution in [1.82, 2.24) is 0 Å². The monoisotopic (exact) mass is 534 g/mol. The molecule has 4 atom stereocenters. The summed E-state index contributed by atoms with van der Waals surface area (Å²) in [5.41, 5.74) is 5.40. The Kier molecular flexibility index (Phi) is 14.3. The van der Waals surface area contributed by atoms with Crippen LogP contribution in [0.2, 0.25) is 0 Å². The Hall–Kier alpha value is -3.18. The lowest BCUT2D eigenvalue weighted by atomic mass is 9.81. The lowest BCUT2D eigenvalue weighted by molar-refractivity contribution is -0.171. The minimum Gasteiger partial charge on any atom is -0.463 e. The van der Waals surface area contributed by atoms with Gasteiger partial charge in [0.25, 0.3) is 0 Å². The van der Waals surface area contributed by atoms with Crippen LogP contribution < -0.4 is 0 Å². The van der Waals surface area contributed by atoms with E-state index in [9.17, 15) is 14.7 Å². The molecule has 0 bridgehead atoms. The first-order valence-corrected chi connectivity index (χ1v) is 14.1. The van der Waals surface area contributed by atoms with Crippen LogP contribution in [0, 0.1) is 0 Å². The van der Waals surface area contributed by atoms with E-state index in [2.05, 4.69) is 87.5 Å². The fourth-order valence-electron chi connectivity index (χ4n) is 4.56. The van der Waals surface area contributed by atoms with E-state index < -0.39 is 24.1 Å². The van der Waals surface area contributed by atoms with Gasteiger partial charge in [0, 0.05) is 0 Å². The highest BCUT2D eigenvalue weighted by molar-refractivity contribution is 5.80. The standard InChI is InChI=1S/C34H46O5/c1-25(2)14-12-15-26(3)21-22-32(30-18-10-7-11-19-30)24-31(29-16-8-6-9-17-29)20-13-23-38-34(37)28(5)39-33(36)27(4)35/h6-11,14,16-19,21,27-28,31-32,35H,12-13,15,20,22-24H2,1-5H3/b26-21+. The summed E-state index contributed by atoms with van der Waals surface area (Å²) in [5.74, 6) is -0.759. The maximum atomic E-state index is 12.2. The number of hydrogen-bond acceptors (Lipinski definition) is 5. The highest BCUT2D eigenvalue weighted by Crippen LogP contribution is 2.35. The van der Waals surface area contributed by atoms with Gasteiger partial charge in [-0.05, 0) is 96.1 Å². The zero-order valence-electron chi connectivity index (χ0n) is 24.3. The number of aliphatic hydroxyl groups is 1. The number of ether oxygens (including phenoxy) is 2. The third kappa shape index (κ3) is 12.5. The molecular weight excluding hydrogens is 488 g/mol. The molecule has 1 N–H and O–H groups in total. The lowest BCUT2D eigenvalue weighted by Crippen LogP contribution is -2.30. The molecule has 2 aromatic rings. The van der Waals surface area contributed by atoms with E-state index >= 15 is 0 Å². The number of esters is 2. The molecule has 0 aliphatic rings. The Balaban J connectivity index is 2.07. The molecule has 0 saturated heterocycles. The molecule has 0 fully saturated rings. The number of allylic oxidation sites excluding steroid dienone is 4. The van der Waals surface area contributed by atoms with Gasteiger partial charge < -0.3 is 14.6 Å². The van der Waals surface area contributed by atoms with Crippen LogP contribution in [0.25, 0.3) is 0 Å².